The first-order chi connectivity index (χ1) is 7.26. The fourth-order valence-electron chi connectivity index (χ4n) is 2.13. The van der Waals surface area contributed by atoms with E-state index in [9.17, 15) is 4.79 Å². The molecule has 2 rings (SSSR count). The summed E-state index contributed by atoms with van der Waals surface area (Å²) in [5.74, 6) is 2.17. The summed E-state index contributed by atoms with van der Waals surface area (Å²) in [6.07, 6.45) is 2.38. The highest BCUT2D eigenvalue weighted by atomic mass is 32.2. The van der Waals surface area contributed by atoms with Gasteiger partial charge >= 0.3 is 6.09 Å². The zero-order valence-corrected chi connectivity index (χ0v) is 9.59. The van der Waals surface area contributed by atoms with Gasteiger partial charge in [-0.2, -0.15) is 11.8 Å². The Labute approximate surface area is 94.0 Å². The number of aliphatic hydroxyl groups excluding tert-OH is 1. The van der Waals surface area contributed by atoms with Crippen molar-refractivity contribution in [1.82, 2.24) is 4.90 Å². The van der Waals surface area contributed by atoms with Crippen molar-refractivity contribution < 1.29 is 14.6 Å². The van der Waals surface area contributed by atoms with Gasteiger partial charge in [0.2, 0.25) is 0 Å². The Morgan fingerprint density at radius 3 is 2.87 bits per heavy atom. The predicted molar refractivity (Wildman–Crippen MR) is 59.0 cm³/mol. The third kappa shape index (κ3) is 2.39. The van der Waals surface area contributed by atoms with E-state index < -0.39 is 0 Å². The minimum Gasteiger partial charge on any atom is -0.441 e. The monoisotopic (exact) mass is 231 g/mol. The maximum absolute atomic E-state index is 11.6. The van der Waals surface area contributed by atoms with Gasteiger partial charge in [-0.15, -0.1) is 0 Å². The van der Waals surface area contributed by atoms with Crippen LogP contribution in [0.25, 0.3) is 0 Å². The molecule has 5 heteroatoms. The zero-order chi connectivity index (χ0) is 10.7. The number of hydrogen-bond acceptors (Lipinski definition) is 4. The molecule has 0 aliphatic carbocycles. The summed E-state index contributed by atoms with van der Waals surface area (Å²) >= 11 is 1.93. The van der Waals surface area contributed by atoms with Crippen LogP contribution in [0.15, 0.2) is 0 Å². The van der Waals surface area contributed by atoms with Crippen LogP contribution in [0.3, 0.4) is 0 Å². The van der Waals surface area contributed by atoms with E-state index in [0.29, 0.717) is 19.5 Å². The van der Waals surface area contributed by atoms with Crippen molar-refractivity contribution >= 4 is 17.9 Å². The summed E-state index contributed by atoms with van der Waals surface area (Å²) in [5, 5.41) is 8.73. The van der Waals surface area contributed by atoms with E-state index in [0.717, 1.165) is 24.3 Å². The van der Waals surface area contributed by atoms with Gasteiger partial charge in [0, 0.05) is 13.2 Å². The standard InChI is InChI=1S/C10H17NO3S/c12-5-1-4-11-8-10(14-9(11)13)2-6-15-7-3-10/h12H,1-8H2. The number of thioether (sulfide) groups is 1. The molecule has 0 aromatic rings. The van der Waals surface area contributed by atoms with Crippen molar-refractivity contribution in [3.05, 3.63) is 0 Å². The van der Waals surface area contributed by atoms with Gasteiger partial charge in [-0.05, 0) is 30.8 Å². The molecular formula is C10H17NO3S. The molecule has 15 heavy (non-hydrogen) atoms. The number of ether oxygens (including phenoxy) is 1. The lowest BCUT2D eigenvalue weighted by atomic mass is 9.97. The first-order valence-corrected chi connectivity index (χ1v) is 6.58. The Balaban J connectivity index is 1.92. The molecule has 0 atom stereocenters. The van der Waals surface area contributed by atoms with Crippen molar-refractivity contribution in [3.63, 3.8) is 0 Å². The molecule has 2 aliphatic rings. The van der Waals surface area contributed by atoms with Gasteiger partial charge in [-0.3, -0.25) is 0 Å². The molecule has 1 N–H and O–H groups in total. The molecule has 1 amide bonds. The number of rotatable bonds is 3. The Bertz CT molecular complexity index is 241. The van der Waals surface area contributed by atoms with Crippen molar-refractivity contribution in [3.8, 4) is 0 Å². The van der Waals surface area contributed by atoms with Crippen molar-refractivity contribution in [1.29, 1.82) is 0 Å². The van der Waals surface area contributed by atoms with Crippen LogP contribution in [-0.4, -0.2) is 52.9 Å². The van der Waals surface area contributed by atoms with Gasteiger partial charge in [0.15, 0.2) is 0 Å². The maximum atomic E-state index is 11.6. The van der Waals surface area contributed by atoms with Crippen LogP contribution in [0, 0.1) is 0 Å². The Kier molecular flexibility index (Phi) is 3.41. The maximum Gasteiger partial charge on any atom is 0.410 e. The molecule has 86 valence electrons. The summed E-state index contributed by atoms with van der Waals surface area (Å²) in [4.78, 5) is 13.3. The molecule has 0 bridgehead atoms. The van der Waals surface area contributed by atoms with E-state index in [2.05, 4.69) is 0 Å². The second-order valence-electron chi connectivity index (χ2n) is 4.16. The summed E-state index contributed by atoms with van der Waals surface area (Å²) in [5.41, 5.74) is -0.211. The molecule has 2 aliphatic heterocycles. The van der Waals surface area contributed by atoms with Crippen molar-refractivity contribution in [2.45, 2.75) is 24.9 Å². The lowest BCUT2D eigenvalue weighted by Gasteiger charge is -2.30. The first-order valence-electron chi connectivity index (χ1n) is 5.42. The summed E-state index contributed by atoms with van der Waals surface area (Å²) in [6, 6.07) is 0. The largest absolute Gasteiger partial charge is 0.441 e. The third-order valence-electron chi connectivity index (χ3n) is 3.03. The third-order valence-corrected chi connectivity index (χ3v) is 4.02. The summed E-state index contributed by atoms with van der Waals surface area (Å²) < 4.78 is 5.49. The van der Waals surface area contributed by atoms with E-state index in [4.69, 9.17) is 9.84 Å². The number of carbonyl (C=O) groups is 1. The molecule has 0 radical (unpaired) electrons. The van der Waals surface area contributed by atoms with Crippen LogP contribution in [-0.2, 0) is 4.74 Å². The van der Waals surface area contributed by atoms with Crippen LogP contribution in [0.4, 0.5) is 4.79 Å². The average Bonchev–Trinajstić information content (AvgIpc) is 2.53. The molecule has 2 fully saturated rings. The van der Waals surface area contributed by atoms with Gasteiger partial charge in [0.05, 0.1) is 6.54 Å². The highest BCUT2D eigenvalue weighted by molar-refractivity contribution is 7.99. The van der Waals surface area contributed by atoms with Crippen LogP contribution in [0.2, 0.25) is 0 Å². The van der Waals surface area contributed by atoms with E-state index in [1.807, 2.05) is 11.8 Å². The Morgan fingerprint density at radius 1 is 1.47 bits per heavy atom. The summed E-state index contributed by atoms with van der Waals surface area (Å²) in [6.45, 7) is 1.46. The predicted octanol–water partition coefficient (Wildman–Crippen LogP) is 1.09. The lowest BCUT2D eigenvalue weighted by molar-refractivity contribution is 0.0502. The number of carbonyl (C=O) groups excluding carboxylic acids is 1. The summed E-state index contributed by atoms with van der Waals surface area (Å²) in [7, 11) is 0. The normalized spacial score (nSPS) is 24.6. The van der Waals surface area contributed by atoms with Gasteiger partial charge in [-0.1, -0.05) is 0 Å². The molecule has 0 saturated carbocycles. The average molecular weight is 231 g/mol. The Hall–Kier alpha value is -0.420. The number of amides is 1. The number of nitrogens with zero attached hydrogens (tertiary/aromatic N) is 1. The topological polar surface area (TPSA) is 49.8 Å². The van der Waals surface area contributed by atoms with Crippen molar-refractivity contribution in [2.24, 2.45) is 0 Å². The van der Waals surface area contributed by atoms with E-state index in [-0.39, 0.29) is 18.3 Å². The van der Waals surface area contributed by atoms with Crippen LogP contribution in [0.5, 0.6) is 0 Å². The lowest BCUT2D eigenvalue weighted by Crippen LogP contribution is -2.38. The molecule has 0 aromatic carbocycles. The van der Waals surface area contributed by atoms with Crippen LogP contribution < -0.4 is 0 Å². The number of hydrogen-bond donors (Lipinski definition) is 1. The number of aliphatic hydroxyl groups is 1. The van der Waals surface area contributed by atoms with E-state index >= 15 is 0 Å². The molecule has 4 nitrogen and oxygen atoms in total. The van der Waals surface area contributed by atoms with Gasteiger partial charge in [0.25, 0.3) is 0 Å². The first kappa shape index (κ1) is 11.1. The molecule has 2 saturated heterocycles. The molecule has 2 heterocycles. The fourth-order valence-corrected chi connectivity index (χ4v) is 3.37. The SMILES string of the molecule is O=C1OC2(CCSCC2)CN1CCCO. The van der Waals surface area contributed by atoms with Crippen molar-refractivity contribution in [2.75, 3.05) is 31.2 Å². The second-order valence-corrected chi connectivity index (χ2v) is 5.39. The minimum absolute atomic E-state index is 0.132. The van der Waals surface area contributed by atoms with Crippen LogP contribution >= 0.6 is 11.8 Å². The highest BCUT2D eigenvalue weighted by Gasteiger charge is 2.45. The zero-order valence-electron chi connectivity index (χ0n) is 8.78. The second kappa shape index (κ2) is 4.61. The molecular weight excluding hydrogens is 214 g/mol. The smallest absolute Gasteiger partial charge is 0.410 e. The highest BCUT2D eigenvalue weighted by Crippen LogP contribution is 2.35. The van der Waals surface area contributed by atoms with Crippen LogP contribution in [0.1, 0.15) is 19.3 Å². The van der Waals surface area contributed by atoms with Gasteiger partial charge < -0.3 is 14.7 Å². The van der Waals surface area contributed by atoms with E-state index in [1.165, 1.54) is 0 Å². The molecule has 0 unspecified atom stereocenters. The quantitative estimate of drug-likeness (QED) is 0.790. The molecule has 0 aromatic heterocycles. The fraction of sp³-hybridized carbons (Fsp3) is 0.900. The Morgan fingerprint density at radius 2 is 2.20 bits per heavy atom. The molecule has 1 spiro atoms. The van der Waals surface area contributed by atoms with Gasteiger partial charge in [-0.25, -0.2) is 4.79 Å². The minimum atomic E-state index is -0.211. The van der Waals surface area contributed by atoms with E-state index in [1.54, 1.807) is 4.90 Å². The van der Waals surface area contributed by atoms with Gasteiger partial charge in [0.1, 0.15) is 5.60 Å².